The van der Waals surface area contributed by atoms with Gasteiger partial charge in [0.25, 0.3) is 0 Å². The Labute approximate surface area is 139 Å². The van der Waals surface area contributed by atoms with Crippen molar-refractivity contribution in [1.82, 2.24) is 19.8 Å². The zero-order chi connectivity index (χ0) is 17.1. The van der Waals surface area contributed by atoms with Crippen molar-refractivity contribution in [2.45, 2.75) is 13.5 Å². The van der Waals surface area contributed by atoms with Gasteiger partial charge in [-0.3, -0.25) is 9.52 Å². The number of carbonyl (C=O) groups is 1. The second kappa shape index (κ2) is 6.67. The van der Waals surface area contributed by atoms with E-state index in [1.54, 1.807) is 17.9 Å². The summed E-state index contributed by atoms with van der Waals surface area (Å²) >= 11 is 0. The molecule has 0 aliphatic rings. The molecule has 0 unspecified atom stereocenters. The molecule has 1 aromatic carbocycles. The highest BCUT2D eigenvalue weighted by Gasteiger charge is 2.12. The number of carbonyl (C=O) groups excluding carboxylic acids is 1. The Kier molecular flexibility index (Phi) is 4.43. The van der Waals surface area contributed by atoms with E-state index in [0.717, 1.165) is 22.3 Å². The van der Waals surface area contributed by atoms with Gasteiger partial charge in [-0.1, -0.05) is 30.3 Å². The number of benzene rings is 1. The molecule has 0 fully saturated rings. The second-order valence-electron chi connectivity index (χ2n) is 5.49. The van der Waals surface area contributed by atoms with Crippen molar-refractivity contribution in [3.63, 3.8) is 0 Å². The van der Waals surface area contributed by atoms with Crippen LogP contribution in [0, 0.1) is 6.92 Å². The van der Waals surface area contributed by atoms with Crippen LogP contribution in [0.3, 0.4) is 0 Å². The minimum atomic E-state index is -0.367. The van der Waals surface area contributed by atoms with Gasteiger partial charge in [0, 0.05) is 19.5 Å². The molecule has 2 heterocycles. The van der Waals surface area contributed by atoms with Crippen molar-refractivity contribution in [2.24, 2.45) is 7.05 Å². The molecular formula is C17H19N5O2. The lowest BCUT2D eigenvalue weighted by atomic mass is 10.2. The van der Waals surface area contributed by atoms with Crippen LogP contribution in [0.25, 0.3) is 11.0 Å². The average molecular weight is 325 g/mol. The molecule has 7 heteroatoms. The molecule has 2 amide bonds. The van der Waals surface area contributed by atoms with E-state index in [9.17, 15) is 4.79 Å². The van der Waals surface area contributed by atoms with Crippen LogP contribution in [0.4, 0.5) is 10.5 Å². The van der Waals surface area contributed by atoms with E-state index in [4.69, 9.17) is 4.84 Å². The number of anilines is 1. The first-order valence-electron chi connectivity index (χ1n) is 7.55. The summed E-state index contributed by atoms with van der Waals surface area (Å²) in [6, 6.07) is 11.2. The molecule has 0 aliphatic heterocycles. The normalized spacial score (nSPS) is 10.8. The van der Waals surface area contributed by atoms with Gasteiger partial charge in [0.2, 0.25) is 0 Å². The highest BCUT2D eigenvalue weighted by molar-refractivity contribution is 5.91. The zero-order valence-corrected chi connectivity index (χ0v) is 13.9. The van der Waals surface area contributed by atoms with Gasteiger partial charge in [-0.05, 0) is 18.6 Å². The van der Waals surface area contributed by atoms with Crippen LogP contribution in [0.15, 0.2) is 42.6 Å². The van der Waals surface area contributed by atoms with Crippen LogP contribution in [-0.4, -0.2) is 32.9 Å². The van der Waals surface area contributed by atoms with E-state index in [1.807, 2.05) is 50.4 Å². The summed E-state index contributed by atoms with van der Waals surface area (Å²) in [5.41, 5.74) is 3.23. The largest absolute Gasteiger partial charge is 0.345 e. The number of pyridine rings is 1. The lowest BCUT2D eigenvalue weighted by Crippen LogP contribution is -2.31. The van der Waals surface area contributed by atoms with Crippen LogP contribution in [0.2, 0.25) is 0 Å². The van der Waals surface area contributed by atoms with Crippen molar-refractivity contribution in [3.05, 3.63) is 53.9 Å². The number of hydrogen-bond donors (Lipinski definition) is 1. The number of aromatic nitrogens is 3. The molecule has 0 saturated carbocycles. The van der Waals surface area contributed by atoms with Crippen LogP contribution in [0.1, 0.15) is 11.3 Å². The van der Waals surface area contributed by atoms with Gasteiger partial charge in [0.15, 0.2) is 5.65 Å². The molecule has 0 saturated heterocycles. The van der Waals surface area contributed by atoms with Gasteiger partial charge in [-0.15, -0.1) is 0 Å². The summed E-state index contributed by atoms with van der Waals surface area (Å²) in [6.45, 7) is 2.23. The number of aryl methyl sites for hydroxylation is 2. The molecule has 0 bridgehead atoms. The van der Waals surface area contributed by atoms with Crippen molar-refractivity contribution >= 4 is 22.8 Å². The monoisotopic (exact) mass is 325 g/mol. The molecule has 24 heavy (non-hydrogen) atoms. The number of fused-ring (bicyclic) bond motifs is 1. The number of hydrogen-bond acceptors (Lipinski definition) is 4. The third-order valence-electron chi connectivity index (χ3n) is 3.67. The Hall–Kier alpha value is -2.93. The van der Waals surface area contributed by atoms with E-state index < -0.39 is 0 Å². The van der Waals surface area contributed by atoms with Crippen LogP contribution in [0.5, 0.6) is 0 Å². The number of nitrogens with zero attached hydrogens (tertiary/aromatic N) is 4. The van der Waals surface area contributed by atoms with E-state index in [-0.39, 0.29) is 6.03 Å². The molecule has 124 valence electrons. The first-order valence-corrected chi connectivity index (χ1v) is 7.55. The predicted octanol–water partition coefficient (Wildman–Crippen LogP) is 2.87. The summed E-state index contributed by atoms with van der Waals surface area (Å²) < 4.78 is 1.71. The number of rotatable bonds is 4. The minimum absolute atomic E-state index is 0.323. The van der Waals surface area contributed by atoms with E-state index in [2.05, 4.69) is 15.4 Å². The Bertz CT molecular complexity index is 860. The van der Waals surface area contributed by atoms with Crippen molar-refractivity contribution in [2.75, 3.05) is 12.4 Å². The summed E-state index contributed by atoms with van der Waals surface area (Å²) in [4.78, 5) is 22.0. The molecule has 2 aromatic heterocycles. The standard InChI is InChI=1S/C17H19N5O2/c1-12-15-9-14(10-18-16(15)21(2)20-12)19-17(23)22(3)24-11-13-7-5-4-6-8-13/h4-10H,11H2,1-3H3,(H,19,23). The van der Waals surface area contributed by atoms with Crippen LogP contribution in [-0.2, 0) is 18.5 Å². The average Bonchev–Trinajstić information content (AvgIpc) is 2.87. The maximum atomic E-state index is 12.2. The smallest absolute Gasteiger partial charge is 0.305 e. The molecule has 0 spiro atoms. The summed E-state index contributed by atoms with van der Waals surface area (Å²) in [5, 5.41) is 9.16. The second-order valence-corrected chi connectivity index (χ2v) is 5.49. The van der Waals surface area contributed by atoms with E-state index in [0.29, 0.717) is 12.3 Å². The molecule has 3 rings (SSSR count). The van der Waals surface area contributed by atoms with Crippen LogP contribution < -0.4 is 5.32 Å². The van der Waals surface area contributed by atoms with Crippen molar-refractivity contribution in [3.8, 4) is 0 Å². The van der Waals surface area contributed by atoms with Gasteiger partial charge >= 0.3 is 6.03 Å². The predicted molar refractivity (Wildman–Crippen MR) is 91.3 cm³/mol. The quantitative estimate of drug-likeness (QED) is 0.749. The lowest BCUT2D eigenvalue weighted by Gasteiger charge is -2.17. The Morgan fingerprint density at radius 2 is 2.08 bits per heavy atom. The van der Waals surface area contributed by atoms with Gasteiger partial charge < -0.3 is 5.32 Å². The molecular weight excluding hydrogens is 306 g/mol. The fourth-order valence-electron chi connectivity index (χ4n) is 2.38. The highest BCUT2D eigenvalue weighted by atomic mass is 16.7. The summed E-state index contributed by atoms with van der Waals surface area (Å²) in [5.74, 6) is 0. The lowest BCUT2D eigenvalue weighted by molar-refractivity contribution is -0.105. The summed E-state index contributed by atoms with van der Waals surface area (Å²) in [7, 11) is 3.41. The molecule has 0 aliphatic carbocycles. The Morgan fingerprint density at radius 1 is 1.33 bits per heavy atom. The van der Waals surface area contributed by atoms with Crippen molar-refractivity contribution < 1.29 is 9.63 Å². The Balaban J connectivity index is 1.64. The van der Waals surface area contributed by atoms with Crippen molar-refractivity contribution in [1.29, 1.82) is 0 Å². The third-order valence-corrected chi connectivity index (χ3v) is 3.67. The SMILES string of the molecule is Cc1nn(C)c2ncc(NC(=O)N(C)OCc3ccccc3)cc12. The topological polar surface area (TPSA) is 72.3 Å². The highest BCUT2D eigenvalue weighted by Crippen LogP contribution is 2.19. The zero-order valence-electron chi connectivity index (χ0n) is 13.9. The molecule has 3 aromatic rings. The number of amides is 2. The summed E-state index contributed by atoms with van der Waals surface area (Å²) in [6.07, 6.45) is 1.60. The maximum Gasteiger partial charge on any atom is 0.345 e. The number of hydroxylamine groups is 2. The fraction of sp³-hybridized carbons (Fsp3) is 0.235. The van der Waals surface area contributed by atoms with Gasteiger partial charge in [0.05, 0.1) is 17.6 Å². The van der Waals surface area contributed by atoms with Gasteiger partial charge in [-0.2, -0.15) is 5.10 Å². The van der Waals surface area contributed by atoms with Gasteiger partial charge in [0.1, 0.15) is 6.61 Å². The minimum Gasteiger partial charge on any atom is -0.305 e. The molecule has 1 N–H and O–H groups in total. The maximum absolute atomic E-state index is 12.2. The first-order chi connectivity index (χ1) is 11.5. The number of urea groups is 1. The number of nitrogens with one attached hydrogen (secondary N) is 1. The molecule has 0 atom stereocenters. The first kappa shape index (κ1) is 15.9. The Morgan fingerprint density at radius 3 is 2.83 bits per heavy atom. The van der Waals surface area contributed by atoms with Gasteiger partial charge in [-0.25, -0.2) is 14.8 Å². The van der Waals surface area contributed by atoms with E-state index >= 15 is 0 Å². The molecule has 7 nitrogen and oxygen atoms in total. The fourth-order valence-corrected chi connectivity index (χ4v) is 2.38. The van der Waals surface area contributed by atoms with E-state index in [1.165, 1.54) is 5.06 Å². The van der Waals surface area contributed by atoms with Crippen LogP contribution >= 0.6 is 0 Å². The third kappa shape index (κ3) is 3.36. The molecule has 0 radical (unpaired) electrons.